The Hall–Kier alpha value is -2.26. The second-order valence-corrected chi connectivity index (χ2v) is 5.14. The van der Waals surface area contributed by atoms with Crippen molar-refractivity contribution in [2.24, 2.45) is 0 Å². The summed E-state index contributed by atoms with van der Waals surface area (Å²) in [4.78, 5) is 12.1. The lowest BCUT2D eigenvalue weighted by atomic mass is 10.1. The molecule has 0 spiro atoms. The van der Waals surface area contributed by atoms with Gasteiger partial charge in [-0.3, -0.25) is 0 Å². The molecule has 0 aliphatic carbocycles. The van der Waals surface area contributed by atoms with Crippen molar-refractivity contribution in [3.63, 3.8) is 0 Å². The van der Waals surface area contributed by atoms with E-state index in [9.17, 15) is 4.79 Å². The van der Waals surface area contributed by atoms with Gasteiger partial charge in [-0.15, -0.1) is 0 Å². The molecule has 21 heavy (non-hydrogen) atoms. The van der Waals surface area contributed by atoms with Gasteiger partial charge in [-0.2, -0.15) is 0 Å². The molecule has 0 amide bonds. The first-order valence-corrected chi connectivity index (χ1v) is 6.94. The van der Waals surface area contributed by atoms with Crippen molar-refractivity contribution in [1.29, 1.82) is 0 Å². The van der Waals surface area contributed by atoms with Gasteiger partial charge in [0.25, 0.3) is 0 Å². The Morgan fingerprint density at radius 1 is 1.14 bits per heavy atom. The van der Waals surface area contributed by atoms with E-state index in [1.54, 1.807) is 12.1 Å². The summed E-state index contributed by atoms with van der Waals surface area (Å²) in [6, 6.07) is 14.8. The molecular formula is C17H13ClO3. The first kappa shape index (κ1) is 13.7. The van der Waals surface area contributed by atoms with Crippen LogP contribution in [0.1, 0.15) is 11.1 Å². The molecule has 1 aliphatic heterocycles. The Kier molecular flexibility index (Phi) is 3.93. The number of ether oxygens (including phenoxy) is 2. The van der Waals surface area contributed by atoms with Crippen LogP contribution in [0.25, 0.3) is 6.08 Å². The summed E-state index contributed by atoms with van der Waals surface area (Å²) in [6.07, 6.45) is 1.81. The quantitative estimate of drug-likeness (QED) is 0.808. The zero-order chi connectivity index (χ0) is 14.7. The number of carbonyl (C=O) groups excluding carboxylic acids is 1. The van der Waals surface area contributed by atoms with Gasteiger partial charge >= 0.3 is 5.97 Å². The number of carbonyl (C=O) groups is 1. The van der Waals surface area contributed by atoms with Crippen LogP contribution < -0.4 is 4.74 Å². The Labute approximate surface area is 127 Å². The molecule has 106 valence electrons. The first-order valence-electron chi connectivity index (χ1n) is 6.56. The molecule has 2 aromatic carbocycles. The molecule has 1 heterocycles. The SMILES string of the molecule is O=C(OCc1ccc(Cl)cc1)C1=Cc2ccccc2OC1. The minimum atomic E-state index is -0.362. The molecule has 0 bridgehead atoms. The molecule has 0 aromatic heterocycles. The predicted octanol–water partition coefficient (Wildman–Crippen LogP) is 3.86. The van der Waals surface area contributed by atoms with Crippen LogP contribution in [0.4, 0.5) is 0 Å². The van der Waals surface area contributed by atoms with Gasteiger partial charge in [0.2, 0.25) is 0 Å². The average molecular weight is 301 g/mol. The van der Waals surface area contributed by atoms with Gasteiger partial charge in [0, 0.05) is 10.6 Å². The maximum atomic E-state index is 12.1. The molecule has 1 aliphatic rings. The van der Waals surface area contributed by atoms with Crippen LogP contribution in [-0.4, -0.2) is 12.6 Å². The average Bonchev–Trinajstić information content (AvgIpc) is 2.53. The fraction of sp³-hybridized carbons (Fsp3) is 0.118. The Morgan fingerprint density at radius 2 is 1.90 bits per heavy atom. The summed E-state index contributed by atoms with van der Waals surface area (Å²) in [6.45, 7) is 0.450. The third-order valence-corrected chi connectivity index (χ3v) is 3.43. The summed E-state index contributed by atoms with van der Waals surface area (Å²) in [5.74, 6) is 0.422. The van der Waals surface area contributed by atoms with Crippen molar-refractivity contribution in [2.75, 3.05) is 6.61 Å². The summed E-state index contributed by atoms with van der Waals surface area (Å²) < 4.78 is 10.8. The maximum Gasteiger partial charge on any atom is 0.337 e. The molecule has 3 rings (SSSR count). The summed E-state index contributed by atoms with van der Waals surface area (Å²) in [5, 5.41) is 0.657. The normalized spacial score (nSPS) is 12.9. The zero-order valence-electron chi connectivity index (χ0n) is 11.2. The highest BCUT2D eigenvalue weighted by Crippen LogP contribution is 2.26. The molecule has 4 heteroatoms. The molecule has 2 aromatic rings. The highest BCUT2D eigenvalue weighted by Gasteiger charge is 2.18. The first-order chi connectivity index (χ1) is 10.2. The molecule has 0 saturated carbocycles. The lowest BCUT2D eigenvalue weighted by Crippen LogP contribution is -2.17. The van der Waals surface area contributed by atoms with Crippen LogP contribution >= 0.6 is 11.6 Å². The lowest BCUT2D eigenvalue weighted by molar-refractivity contribution is -0.140. The van der Waals surface area contributed by atoms with E-state index >= 15 is 0 Å². The second kappa shape index (κ2) is 6.02. The Morgan fingerprint density at radius 3 is 2.71 bits per heavy atom. The highest BCUT2D eigenvalue weighted by molar-refractivity contribution is 6.30. The van der Waals surface area contributed by atoms with Crippen LogP contribution in [0.2, 0.25) is 5.02 Å². The standard InChI is InChI=1S/C17H13ClO3/c18-15-7-5-12(6-8-15)10-21-17(19)14-9-13-3-1-2-4-16(13)20-11-14/h1-9H,10-11H2. The third-order valence-electron chi connectivity index (χ3n) is 3.18. The van der Waals surface area contributed by atoms with Gasteiger partial charge in [-0.1, -0.05) is 41.9 Å². The van der Waals surface area contributed by atoms with E-state index in [0.717, 1.165) is 16.9 Å². The van der Waals surface area contributed by atoms with E-state index < -0.39 is 0 Å². The van der Waals surface area contributed by atoms with Crippen molar-refractivity contribution in [3.05, 3.63) is 70.3 Å². The monoisotopic (exact) mass is 300 g/mol. The topological polar surface area (TPSA) is 35.5 Å². The largest absolute Gasteiger partial charge is 0.488 e. The zero-order valence-corrected chi connectivity index (χ0v) is 12.0. The number of halogens is 1. The Balaban J connectivity index is 1.66. The van der Waals surface area contributed by atoms with Crippen molar-refractivity contribution in [2.45, 2.75) is 6.61 Å². The van der Waals surface area contributed by atoms with Crippen molar-refractivity contribution >= 4 is 23.6 Å². The fourth-order valence-electron chi connectivity index (χ4n) is 2.06. The molecule has 0 fully saturated rings. The molecule has 0 saturated heterocycles. The summed E-state index contributed by atoms with van der Waals surface area (Å²) in [5.41, 5.74) is 2.30. The van der Waals surface area contributed by atoms with Gasteiger partial charge in [-0.25, -0.2) is 4.79 Å². The number of hydrogen-bond acceptors (Lipinski definition) is 3. The van der Waals surface area contributed by atoms with Crippen LogP contribution in [-0.2, 0) is 16.1 Å². The highest BCUT2D eigenvalue weighted by atomic mass is 35.5. The Bertz CT molecular complexity index is 689. The maximum absolute atomic E-state index is 12.1. The van der Waals surface area contributed by atoms with E-state index in [0.29, 0.717) is 10.6 Å². The number of fused-ring (bicyclic) bond motifs is 1. The number of esters is 1. The van der Waals surface area contributed by atoms with Crippen LogP contribution in [0.15, 0.2) is 54.1 Å². The number of para-hydroxylation sites is 1. The molecule has 0 N–H and O–H groups in total. The van der Waals surface area contributed by atoms with Crippen LogP contribution in [0.3, 0.4) is 0 Å². The summed E-state index contributed by atoms with van der Waals surface area (Å²) in [7, 11) is 0. The molecule has 3 nitrogen and oxygen atoms in total. The lowest BCUT2D eigenvalue weighted by Gasteiger charge is -2.17. The van der Waals surface area contributed by atoms with E-state index in [2.05, 4.69) is 0 Å². The van der Waals surface area contributed by atoms with Crippen molar-refractivity contribution in [3.8, 4) is 5.75 Å². The van der Waals surface area contributed by atoms with Crippen LogP contribution in [0, 0.1) is 0 Å². The van der Waals surface area contributed by atoms with Gasteiger partial charge in [0.15, 0.2) is 0 Å². The van der Waals surface area contributed by atoms with Gasteiger partial charge in [-0.05, 0) is 29.8 Å². The van der Waals surface area contributed by atoms with Crippen molar-refractivity contribution in [1.82, 2.24) is 0 Å². The van der Waals surface area contributed by atoms with Gasteiger partial charge in [0.1, 0.15) is 19.0 Å². The molecule has 0 unspecified atom stereocenters. The van der Waals surface area contributed by atoms with Gasteiger partial charge in [0.05, 0.1) is 5.57 Å². The fourth-order valence-corrected chi connectivity index (χ4v) is 2.18. The molecular weight excluding hydrogens is 288 g/mol. The number of rotatable bonds is 3. The smallest absolute Gasteiger partial charge is 0.337 e. The second-order valence-electron chi connectivity index (χ2n) is 4.70. The number of hydrogen-bond donors (Lipinski definition) is 0. The van der Waals surface area contributed by atoms with E-state index in [-0.39, 0.29) is 19.2 Å². The predicted molar refractivity (Wildman–Crippen MR) is 81.2 cm³/mol. The molecule has 0 atom stereocenters. The number of benzene rings is 2. The van der Waals surface area contributed by atoms with Crippen molar-refractivity contribution < 1.29 is 14.3 Å². The van der Waals surface area contributed by atoms with Crippen LogP contribution in [0.5, 0.6) is 5.75 Å². The van der Waals surface area contributed by atoms with Gasteiger partial charge < -0.3 is 9.47 Å². The van der Waals surface area contributed by atoms with E-state index in [4.69, 9.17) is 21.1 Å². The summed E-state index contributed by atoms with van der Waals surface area (Å²) >= 11 is 5.81. The third kappa shape index (κ3) is 3.26. The minimum absolute atomic E-state index is 0.217. The van der Waals surface area contributed by atoms with E-state index in [1.165, 1.54) is 0 Å². The molecule has 0 radical (unpaired) electrons. The minimum Gasteiger partial charge on any atom is -0.488 e. The van der Waals surface area contributed by atoms with E-state index in [1.807, 2.05) is 42.5 Å².